The molecule has 1 saturated carbocycles. The molecule has 1 aromatic carbocycles. The summed E-state index contributed by atoms with van der Waals surface area (Å²) in [6.07, 6.45) is 2.65. The zero-order chi connectivity index (χ0) is 16.8. The molecule has 0 spiro atoms. The lowest BCUT2D eigenvalue weighted by atomic mass is 10.1. The summed E-state index contributed by atoms with van der Waals surface area (Å²) in [5.74, 6) is -1.41. The molecule has 3 amide bonds. The van der Waals surface area contributed by atoms with Gasteiger partial charge in [-0.1, -0.05) is 13.0 Å². The monoisotopic (exact) mass is 319 g/mol. The standard InChI is InChI=1S/C16H21N3O4/c1-2-8-19(10-14(20)21)15(22)11-4-3-5-13(9-11)18-16(23)17-12-6-7-12/h3-5,9,12H,2,6-8,10H2,1H3,(H,20,21)(H2,17,18,23). The lowest BCUT2D eigenvalue weighted by Gasteiger charge is -2.20. The SMILES string of the molecule is CCCN(CC(=O)O)C(=O)c1cccc(NC(=O)NC2CC2)c1. The zero-order valence-corrected chi connectivity index (χ0v) is 13.0. The number of aliphatic carboxylic acids is 1. The van der Waals surface area contributed by atoms with Gasteiger partial charge in [-0.05, 0) is 37.5 Å². The minimum Gasteiger partial charge on any atom is -0.480 e. The first-order valence-corrected chi connectivity index (χ1v) is 7.68. The highest BCUT2D eigenvalue weighted by Crippen LogP contribution is 2.19. The third kappa shape index (κ3) is 5.28. The number of carbonyl (C=O) groups is 3. The van der Waals surface area contributed by atoms with E-state index in [9.17, 15) is 14.4 Å². The van der Waals surface area contributed by atoms with Crippen LogP contribution in [0, 0.1) is 0 Å². The maximum absolute atomic E-state index is 12.4. The highest BCUT2D eigenvalue weighted by Gasteiger charge is 2.23. The van der Waals surface area contributed by atoms with Crippen molar-refractivity contribution in [3.8, 4) is 0 Å². The average molecular weight is 319 g/mol. The Balaban J connectivity index is 2.05. The lowest BCUT2D eigenvalue weighted by molar-refractivity contribution is -0.137. The van der Waals surface area contributed by atoms with E-state index >= 15 is 0 Å². The van der Waals surface area contributed by atoms with Crippen LogP contribution in [0.4, 0.5) is 10.5 Å². The van der Waals surface area contributed by atoms with Crippen molar-refractivity contribution in [2.45, 2.75) is 32.2 Å². The second-order valence-electron chi connectivity index (χ2n) is 5.57. The maximum Gasteiger partial charge on any atom is 0.323 e. The number of nitrogens with zero attached hydrogens (tertiary/aromatic N) is 1. The maximum atomic E-state index is 12.4. The Morgan fingerprint density at radius 3 is 2.65 bits per heavy atom. The van der Waals surface area contributed by atoms with Gasteiger partial charge in [0, 0.05) is 23.8 Å². The number of carboxylic acids is 1. The van der Waals surface area contributed by atoms with Crippen molar-refractivity contribution in [2.24, 2.45) is 0 Å². The van der Waals surface area contributed by atoms with Gasteiger partial charge in [0.15, 0.2) is 0 Å². The van der Waals surface area contributed by atoms with Crippen molar-refractivity contribution in [3.63, 3.8) is 0 Å². The number of anilines is 1. The van der Waals surface area contributed by atoms with Gasteiger partial charge in [0.1, 0.15) is 6.54 Å². The first kappa shape index (κ1) is 16.8. The van der Waals surface area contributed by atoms with Crippen LogP contribution < -0.4 is 10.6 Å². The molecule has 3 N–H and O–H groups in total. The minimum atomic E-state index is -1.05. The lowest BCUT2D eigenvalue weighted by Crippen LogP contribution is -2.36. The molecule has 0 bridgehead atoms. The average Bonchev–Trinajstić information content (AvgIpc) is 3.29. The van der Waals surface area contributed by atoms with Crippen LogP contribution in [-0.2, 0) is 4.79 Å². The van der Waals surface area contributed by atoms with E-state index < -0.39 is 5.97 Å². The molecule has 1 aromatic rings. The number of rotatable bonds is 7. The van der Waals surface area contributed by atoms with Gasteiger partial charge < -0.3 is 20.6 Å². The summed E-state index contributed by atoms with van der Waals surface area (Å²) in [7, 11) is 0. The zero-order valence-electron chi connectivity index (χ0n) is 13.0. The number of hydrogen-bond donors (Lipinski definition) is 3. The van der Waals surface area contributed by atoms with Crippen molar-refractivity contribution >= 4 is 23.6 Å². The first-order chi connectivity index (χ1) is 11.0. The number of hydrogen-bond acceptors (Lipinski definition) is 3. The molecule has 0 unspecified atom stereocenters. The van der Waals surface area contributed by atoms with Crippen LogP contribution in [0.1, 0.15) is 36.5 Å². The normalized spacial score (nSPS) is 13.3. The van der Waals surface area contributed by atoms with Crippen molar-refractivity contribution in [1.82, 2.24) is 10.2 Å². The van der Waals surface area contributed by atoms with E-state index in [1.807, 2.05) is 6.92 Å². The van der Waals surface area contributed by atoms with E-state index in [1.54, 1.807) is 24.3 Å². The van der Waals surface area contributed by atoms with E-state index in [2.05, 4.69) is 10.6 Å². The van der Waals surface area contributed by atoms with Crippen LogP contribution in [0.3, 0.4) is 0 Å². The third-order valence-corrected chi connectivity index (χ3v) is 3.39. The molecule has 0 aromatic heterocycles. The fourth-order valence-corrected chi connectivity index (χ4v) is 2.18. The Bertz CT molecular complexity index is 599. The van der Waals surface area contributed by atoms with Gasteiger partial charge >= 0.3 is 12.0 Å². The fraction of sp³-hybridized carbons (Fsp3) is 0.438. The van der Waals surface area contributed by atoms with E-state index in [1.165, 1.54) is 4.90 Å². The molecule has 0 heterocycles. The van der Waals surface area contributed by atoms with Crippen molar-refractivity contribution < 1.29 is 19.5 Å². The molecule has 1 fully saturated rings. The summed E-state index contributed by atoms with van der Waals surface area (Å²) < 4.78 is 0. The second-order valence-corrected chi connectivity index (χ2v) is 5.57. The van der Waals surface area contributed by atoms with Crippen LogP contribution in [0.25, 0.3) is 0 Å². The molecule has 1 aliphatic rings. The Morgan fingerprint density at radius 1 is 1.30 bits per heavy atom. The quantitative estimate of drug-likeness (QED) is 0.715. The summed E-state index contributed by atoms with van der Waals surface area (Å²) in [5.41, 5.74) is 0.852. The summed E-state index contributed by atoms with van der Waals surface area (Å²) in [4.78, 5) is 36.3. The molecule has 1 aliphatic carbocycles. The highest BCUT2D eigenvalue weighted by atomic mass is 16.4. The van der Waals surface area contributed by atoms with Gasteiger partial charge in [-0.25, -0.2) is 4.79 Å². The summed E-state index contributed by atoms with van der Waals surface area (Å²) in [6.45, 7) is 1.90. The summed E-state index contributed by atoms with van der Waals surface area (Å²) >= 11 is 0. The molecule has 124 valence electrons. The smallest absolute Gasteiger partial charge is 0.323 e. The molecule has 7 heteroatoms. The van der Waals surface area contributed by atoms with Crippen molar-refractivity contribution in [3.05, 3.63) is 29.8 Å². The van der Waals surface area contributed by atoms with Gasteiger partial charge in [-0.2, -0.15) is 0 Å². The predicted octanol–water partition coefficient (Wildman–Crippen LogP) is 1.91. The van der Waals surface area contributed by atoms with E-state index in [0.717, 1.165) is 12.8 Å². The largest absolute Gasteiger partial charge is 0.480 e. The Labute approximate surface area is 134 Å². The van der Waals surface area contributed by atoms with E-state index in [0.29, 0.717) is 24.2 Å². The van der Waals surface area contributed by atoms with Crippen LogP contribution in [-0.4, -0.2) is 47.0 Å². The Hall–Kier alpha value is -2.57. The van der Waals surface area contributed by atoms with Crippen LogP contribution in [0.15, 0.2) is 24.3 Å². The second kappa shape index (κ2) is 7.62. The number of amides is 3. The number of benzene rings is 1. The van der Waals surface area contributed by atoms with E-state index in [4.69, 9.17) is 5.11 Å². The number of carbonyl (C=O) groups excluding carboxylic acids is 2. The predicted molar refractivity (Wildman–Crippen MR) is 85.4 cm³/mol. The topological polar surface area (TPSA) is 98.7 Å². The Kier molecular flexibility index (Phi) is 5.56. The fourth-order valence-electron chi connectivity index (χ4n) is 2.18. The molecule has 0 atom stereocenters. The highest BCUT2D eigenvalue weighted by molar-refractivity contribution is 5.98. The molecular weight excluding hydrogens is 298 g/mol. The molecule has 0 saturated heterocycles. The molecule has 23 heavy (non-hydrogen) atoms. The van der Waals surface area contributed by atoms with E-state index in [-0.39, 0.29) is 24.5 Å². The first-order valence-electron chi connectivity index (χ1n) is 7.68. The van der Waals surface area contributed by atoms with Gasteiger partial charge in [0.05, 0.1) is 0 Å². The molecule has 7 nitrogen and oxygen atoms in total. The molecular formula is C16H21N3O4. The van der Waals surface area contributed by atoms with Crippen molar-refractivity contribution in [1.29, 1.82) is 0 Å². The van der Waals surface area contributed by atoms with Crippen LogP contribution in [0.5, 0.6) is 0 Å². The van der Waals surface area contributed by atoms with Crippen LogP contribution >= 0.6 is 0 Å². The van der Waals surface area contributed by atoms with Crippen molar-refractivity contribution in [2.75, 3.05) is 18.4 Å². The number of carboxylic acid groups (broad SMARTS) is 1. The minimum absolute atomic E-state index is 0.246. The van der Waals surface area contributed by atoms with Gasteiger partial charge in [0.25, 0.3) is 5.91 Å². The molecule has 0 aliphatic heterocycles. The van der Waals surface area contributed by atoms with Gasteiger partial charge in [-0.3, -0.25) is 9.59 Å². The number of nitrogens with one attached hydrogen (secondary N) is 2. The van der Waals surface area contributed by atoms with Gasteiger partial charge in [0.2, 0.25) is 0 Å². The summed E-state index contributed by atoms with van der Waals surface area (Å²) in [6, 6.07) is 6.45. The Morgan fingerprint density at radius 2 is 2.04 bits per heavy atom. The van der Waals surface area contributed by atoms with Crippen LogP contribution in [0.2, 0.25) is 0 Å². The van der Waals surface area contributed by atoms with Gasteiger partial charge in [-0.15, -0.1) is 0 Å². The third-order valence-electron chi connectivity index (χ3n) is 3.39. The molecule has 0 radical (unpaired) electrons. The molecule has 2 rings (SSSR count). The summed E-state index contributed by atoms with van der Waals surface area (Å²) in [5, 5.41) is 14.4. The number of urea groups is 1.